The predicted molar refractivity (Wildman–Crippen MR) is 74.7 cm³/mol. The molecule has 1 atom stereocenters. The number of likely N-dealkylation sites (N-methyl/N-ethyl adjacent to an activating group) is 1. The van der Waals surface area contributed by atoms with E-state index in [0.717, 1.165) is 14.9 Å². The van der Waals surface area contributed by atoms with E-state index in [9.17, 15) is 5.11 Å². The number of aliphatic hydroxyl groups excluding tert-OH is 1. The highest BCUT2D eigenvalue weighted by molar-refractivity contribution is 14.1. The molecule has 0 aliphatic rings. The third-order valence-electron chi connectivity index (χ3n) is 2.23. The number of nitrogens with two attached hydrogens (primary N) is 1. The fraction of sp³-hybridized carbons (Fsp3) is 0.455. The van der Waals surface area contributed by atoms with Gasteiger partial charge in [-0.15, -0.1) is 0 Å². The molecule has 0 fully saturated rings. The Morgan fingerprint density at radius 2 is 2.25 bits per heavy atom. The Morgan fingerprint density at radius 1 is 1.56 bits per heavy atom. The number of anilines is 2. The van der Waals surface area contributed by atoms with Crippen molar-refractivity contribution in [1.29, 1.82) is 0 Å². The van der Waals surface area contributed by atoms with Crippen LogP contribution in [-0.4, -0.2) is 38.5 Å². The molecule has 1 aromatic rings. The Labute approximate surface area is 110 Å². The second-order valence-corrected chi connectivity index (χ2v) is 4.86. The summed E-state index contributed by atoms with van der Waals surface area (Å²) in [6.45, 7) is 0.879. The van der Waals surface area contributed by atoms with E-state index in [1.807, 2.05) is 30.1 Å². The van der Waals surface area contributed by atoms with Gasteiger partial charge in [0.1, 0.15) is 0 Å². The van der Waals surface area contributed by atoms with Gasteiger partial charge in [0.15, 0.2) is 0 Å². The predicted octanol–water partition coefficient (Wildman–Crippen LogP) is 1.32. The zero-order valence-electron chi connectivity index (χ0n) is 9.48. The van der Waals surface area contributed by atoms with Crippen molar-refractivity contribution in [2.75, 3.05) is 37.9 Å². The van der Waals surface area contributed by atoms with Crippen LogP contribution in [0.5, 0.6) is 0 Å². The number of halogens is 1. The van der Waals surface area contributed by atoms with E-state index >= 15 is 0 Å². The van der Waals surface area contributed by atoms with Crippen LogP contribution in [-0.2, 0) is 4.74 Å². The fourth-order valence-electron chi connectivity index (χ4n) is 1.49. The zero-order chi connectivity index (χ0) is 12.1. The summed E-state index contributed by atoms with van der Waals surface area (Å²) in [6.07, 6.45) is -0.483. The molecule has 16 heavy (non-hydrogen) atoms. The first kappa shape index (κ1) is 13.5. The molecule has 5 heteroatoms. The van der Waals surface area contributed by atoms with E-state index in [1.165, 1.54) is 0 Å². The molecular weight excluding hydrogens is 319 g/mol. The largest absolute Gasteiger partial charge is 0.399 e. The number of hydrogen-bond acceptors (Lipinski definition) is 4. The molecule has 4 nitrogen and oxygen atoms in total. The van der Waals surface area contributed by atoms with Gasteiger partial charge in [-0.25, -0.2) is 0 Å². The number of nitrogen functional groups attached to an aromatic ring is 1. The van der Waals surface area contributed by atoms with Crippen molar-refractivity contribution in [2.24, 2.45) is 0 Å². The quantitative estimate of drug-likeness (QED) is 0.629. The number of hydrogen-bond donors (Lipinski definition) is 2. The number of nitrogens with zero attached hydrogens (tertiary/aromatic N) is 1. The highest BCUT2D eigenvalue weighted by Gasteiger charge is 2.10. The van der Waals surface area contributed by atoms with Gasteiger partial charge in [0.25, 0.3) is 0 Å². The van der Waals surface area contributed by atoms with E-state index < -0.39 is 6.10 Å². The Hall–Kier alpha value is -0.530. The van der Waals surface area contributed by atoms with Crippen molar-refractivity contribution in [2.45, 2.75) is 6.10 Å². The first-order valence-corrected chi connectivity index (χ1v) is 6.05. The summed E-state index contributed by atoms with van der Waals surface area (Å²) in [4.78, 5) is 1.99. The lowest BCUT2D eigenvalue weighted by Crippen LogP contribution is -2.32. The maximum atomic E-state index is 9.63. The zero-order valence-corrected chi connectivity index (χ0v) is 11.6. The molecular formula is C11H17IN2O2. The standard InChI is InChI=1S/C11H17IN2O2/c1-14(6-9(15)7-16-2)11-4-3-8(13)5-10(11)12/h3-5,9,15H,6-7,13H2,1-2H3. The summed E-state index contributed by atoms with van der Waals surface area (Å²) in [5.41, 5.74) is 7.49. The number of ether oxygens (including phenoxy) is 1. The second-order valence-electron chi connectivity index (χ2n) is 3.70. The summed E-state index contributed by atoms with van der Waals surface area (Å²) in [5, 5.41) is 9.63. The third-order valence-corrected chi connectivity index (χ3v) is 3.09. The van der Waals surface area contributed by atoms with E-state index in [-0.39, 0.29) is 0 Å². The summed E-state index contributed by atoms with van der Waals surface area (Å²) in [6, 6.07) is 5.72. The average Bonchev–Trinajstić information content (AvgIpc) is 2.17. The smallest absolute Gasteiger partial charge is 0.0947 e. The molecule has 0 aliphatic carbocycles. The molecule has 0 saturated carbocycles. The van der Waals surface area contributed by atoms with Crippen molar-refractivity contribution < 1.29 is 9.84 Å². The van der Waals surface area contributed by atoms with Gasteiger partial charge in [-0.3, -0.25) is 0 Å². The molecule has 0 heterocycles. The van der Waals surface area contributed by atoms with Crippen LogP contribution in [0.1, 0.15) is 0 Å². The van der Waals surface area contributed by atoms with Gasteiger partial charge in [-0.05, 0) is 40.8 Å². The number of benzene rings is 1. The van der Waals surface area contributed by atoms with Crippen LogP contribution in [0.4, 0.5) is 11.4 Å². The van der Waals surface area contributed by atoms with Gasteiger partial charge in [-0.1, -0.05) is 0 Å². The normalized spacial score (nSPS) is 12.5. The average molecular weight is 336 g/mol. The molecule has 3 N–H and O–H groups in total. The second kappa shape index (κ2) is 6.27. The minimum absolute atomic E-state index is 0.343. The summed E-state index contributed by atoms with van der Waals surface area (Å²) >= 11 is 2.23. The molecule has 0 amide bonds. The van der Waals surface area contributed by atoms with Gasteiger partial charge >= 0.3 is 0 Å². The molecule has 0 bridgehead atoms. The minimum Gasteiger partial charge on any atom is -0.399 e. The van der Waals surface area contributed by atoms with Gasteiger partial charge in [-0.2, -0.15) is 0 Å². The van der Waals surface area contributed by atoms with Crippen molar-refractivity contribution in [1.82, 2.24) is 0 Å². The fourth-order valence-corrected chi connectivity index (χ4v) is 2.44. The Bertz CT molecular complexity index is 347. The number of rotatable bonds is 5. The highest BCUT2D eigenvalue weighted by Crippen LogP contribution is 2.23. The van der Waals surface area contributed by atoms with Crippen LogP contribution in [0.3, 0.4) is 0 Å². The van der Waals surface area contributed by atoms with Crippen LogP contribution in [0.2, 0.25) is 0 Å². The summed E-state index contributed by atoms with van der Waals surface area (Å²) < 4.78 is 5.96. The Kier molecular flexibility index (Phi) is 5.30. The van der Waals surface area contributed by atoms with Crippen molar-refractivity contribution in [3.05, 3.63) is 21.8 Å². The number of aliphatic hydroxyl groups is 1. The Morgan fingerprint density at radius 3 is 2.81 bits per heavy atom. The van der Waals surface area contributed by atoms with Gasteiger partial charge in [0.2, 0.25) is 0 Å². The van der Waals surface area contributed by atoms with Crippen molar-refractivity contribution >= 4 is 34.0 Å². The van der Waals surface area contributed by atoms with Crippen LogP contribution in [0.25, 0.3) is 0 Å². The first-order chi connectivity index (χ1) is 7.54. The van der Waals surface area contributed by atoms with E-state index in [2.05, 4.69) is 22.6 Å². The third kappa shape index (κ3) is 3.80. The highest BCUT2D eigenvalue weighted by atomic mass is 127. The van der Waals surface area contributed by atoms with Crippen LogP contribution >= 0.6 is 22.6 Å². The Balaban J connectivity index is 2.69. The first-order valence-electron chi connectivity index (χ1n) is 4.97. The summed E-state index contributed by atoms with van der Waals surface area (Å²) in [7, 11) is 3.52. The summed E-state index contributed by atoms with van der Waals surface area (Å²) in [5.74, 6) is 0. The maximum Gasteiger partial charge on any atom is 0.0947 e. The maximum absolute atomic E-state index is 9.63. The molecule has 0 aliphatic heterocycles. The molecule has 1 unspecified atom stereocenters. The lowest BCUT2D eigenvalue weighted by molar-refractivity contribution is 0.0695. The molecule has 0 aromatic heterocycles. The lowest BCUT2D eigenvalue weighted by atomic mass is 10.2. The van der Waals surface area contributed by atoms with Crippen molar-refractivity contribution in [3.63, 3.8) is 0 Å². The van der Waals surface area contributed by atoms with Gasteiger partial charge < -0.3 is 20.5 Å². The van der Waals surface area contributed by atoms with E-state index in [1.54, 1.807) is 7.11 Å². The topological polar surface area (TPSA) is 58.7 Å². The molecule has 1 aromatic carbocycles. The number of methoxy groups -OCH3 is 1. The van der Waals surface area contributed by atoms with Gasteiger partial charge in [0.05, 0.1) is 18.4 Å². The monoisotopic (exact) mass is 336 g/mol. The molecule has 0 radical (unpaired) electrons. The lowest BCUT2D eigenvalue weighted by Gasteiger charge is -2.23. The molecule has 1 rings (SSSR count). The van der Waals surface area contributed by atoms with Gasteiger partial charge in [0, 0.05) is 30.0 Å². The van der Waals surface area contributed by atoms with Crippen LogP contribution in [0, 0.1) is 3.57 Å². The molecule has 90 valence electrons. The van der Waals surface area contributed by atoms with E-state index in [4.69, 9.17) is 10.5 Å². The minimum atomic E-state index is -0.483. The molecule has 0 spiro atoms. The van der Waals surface area contributed by atoms with Crippen LogP contribution in [0.15, 0.2) is 18.2 Å². The van der Waals surface area contributed by atoms with Crippen molar-refractivity contribution in [3.8, 4) is 0 Å². The van der Waals surface area contributed by atoms with E-state index in [0.29, 0.717) is 13.2 Å². The van der Waals surface area contributed by atoms with Crippen LogP contribution < -0.4 is 10.6 Å². The molecule has 0 saturated heterocycles. The SMILES string of the molecule is COCC(O)CN(C)c1ccc(N)cc1I.